The number of ether oxygens (including phenoxy) is 2. The lowest BCUT2D eigenvalue weighted by Gasteiger charge is -2.33. The number of pyridine rings is 1. The molecule has 7 nitrogen and oxygen atoms in total. The molecule has 7 heteroatoms. The van der Waals surface area contributed by atoms with Crippen LogP contribution in [0.1, 0.15) is 76.8 Å². The monoisotopic (exact) mass is 521 g/mol. The fourth-order valence-corrected chi connectivity index (χ4v) is 4.56. The van der Waals surface area contributed by atoms with Crippen LogP contribution in [-0.2, 0) is 14.3 Å². The van der Waals surface area contributed by atoms with Crippen molar-refractivity contribution in [2.75, 3.05) is 26.4 Å². The summed E-state index contributed by atoms with van der Waals surface area (Å²) in [7, 11) is 0. The standard InChI is InChI=1S/C31H43N3O4/c1-6-10-24(3)21-31(5,17-7-2)34-30(36)23-37-22-29(35)32-18-19-38-28-14-9-12-26(20-28)15-16-27-13-8-11-25(4)33-27/h8-9,11-14,20,24H,6-7,10,17-19,21-23H2,1-5H3,(H,32,35)(H,34,36). The maximum Gasteiger partial charge on any atom is 0.246 e. The first kappa shape index (κ1) is 30.9. The van der Waals surface area contributed by atoms with Crippen molar-refractivity contribution in [3.05, 3.63) is 59.4 Å². The van der Waals surface area contributed by atoms with Gasteiger partial charge in [0, 0.05) is 16.8 Å². The molecule has 38 heavy (non-hydrogen) atoms. The van der Waals surface area contributed by atoms with E-state index in [9.17, 15) is 9.59 Å². The van der Waals surface area contributed by atoms with Crippen molar-refractivity contribution in [1.29, 1.82) is 0 Å². The number of benzene rings is 1. The topological polar surface area (TPSA) is 89.5 Å². The van der Waals surface area contributed by atoms with Crippen LogP contribution >= 0.6 is 0 Å². The molecule has 2 atom stereocenters. The van der Waals surface area contributed by atoms with E-state index in [0.29, 0.717) is 24.8 Å². The number of aromatic nitrogens is 1. The zero-order valence-corrected chi connectivity index (χ0v) is 23.6. The number of carbonyl (C=O) groups excluding carboxylic acids is 2. The van der Waals surface area contributed by atoms with Crippen LogP contribution in [0.4, 0.5) is 0 Å². The van der Waals surface area contributed by atoms with E-state index < -0.39 is 0 Å². The van der Waals surface area contributed by atoms with Crippen molar-refractivity contribution in [3.63, 3.8) is 0 Å². The van der Waals surface area contributed by atoms with E-state index in [0.717, 1.165) is 49.1 Å². The van der Waals surface area contributed by atoms with Gasteiger partial charge in [0.25, 0.3) is 0 Å². The fraction of sp³-hybridized carbons (Fsp3) is 0.516. The molecule has 1 aromatic carbocycles. The molecule has 0 aliphatic carbocycles. The second-order valence-corrected chi connectivity index (χ2v) is 10.1. The summed E-state index contributed by atoms with van der Waals surface area (Å²) in [6.45, 7) is 10.8. The smallest absolute Gasteiger partial charge is 0.246 e. The largest absolute Gasteiger partial charge is 0.492 e. The Labute approximate surface area is 228 Å². The molecule has 0 saturated carbocycles. The molecule has 0 bridgehead atoms. The molecule has 2 amide bonds. The van der Waals surface area contributed by atoms with Gasteiger partial charge in [-0.2, -0.15) is 0 Å². The fourth-order valence-electron chi connectivity index (χ4n) is 4.56. The molecule has 1 aromatic heterocycles. The van der Waals surface area contributed by atoms with Crippen LogP contribution in [0.2, 0.25) is 0 Å². The third-order valence-corrected chi connectivity index (χ3v) is 6.04. The molecule has 0 spiro atoms. The van der Waals surface area contributed by atoms with Crippen molar-refractivity contribution in [2.24, 2.45) is 5.92 Å². The Morgan fingerprint density at radius 2 is 1.82 bits per heavy atom. The Morgan fingerprint density at radius 1 is 1.05 bits per heavy atom. The summed E-state index contributed by atoms with van der Waals surface area (Å²) >= 11 is 0. The summed E-state index contributed by atoms with van der Waals surface area (Å²) < 4.78 is 11.1. The van der Waals surface area contributed by atoms with Crippen LogP contribution < -0.4 is 15.4 Å². The summed E-state index contributed by atoms with van der Waals surface area (Å²) in [5.41, 5.74) is 2.20. The van der Waals surface area contributed by atoms with E-state index in [-0.39, 0.29) is 30.6 Å². The molecule has 0 aliphatic heterocycles. The van der Waals surface area contributed by atoms with E-state index >= 15 is 0 Å². The SMILES string of the molecule is CCCC(C)CC(C)(CCC)NC(=O)COCC(=O)NCCOc1cccc(C#Cc2cccc(C)n2)c1. The summed E-state index contributed by atoms with van der Waals surface area (Å²) in [5.74, 6) is 6.87. The highest BCUT2D eigenvalue weighted by Gasteiger charge is 2.27. The minimum absolute atomic E-state index is 0.142. The first-order chi connectivity index (χ1) is 18.2. The first-order valence-electron chi connectivity index (χ1n) is 13.6. The van der Waals surface area contributed by atoms with Crippen LogP contribution in [-0.4, -0.2) is 48.7 Å². The Bertz CT molecular complexity index is 1090. The van der Waals surface area contributed by atoms with Crippen LogP contribution in [0.5, 0.6) is 5.75 Å². The minimum atomic E-state index is -0.292. The highest BCUT2D eigenvalue weighted by molar-refractivity contribution is 5.80. The van der Waals surface area contributed by atoms with Crippen molar-refractivity contribution < 1.29 is 19.1 Å². The van der Waals surface area contributed by atoms with Crippen molar-refractivity contribution in [1.82, 2.24) is 15.6 Å². The van der Waals surface area contributed by atoms with Crippen LogP contribution in [0.15, 0.2) is 42.5 Å². The van der Waals surface area contributed by atoms with Crippen molar-refractivity contribution >= 4 is 11.8 Å². The third-order valence-electron chi connectivity index (χ3n) is 6.04. The number of aryl methyl sites for hydroxylation is 1. The highest BCUT2D eigenvalue weighted by Crippen LogP contribution is 2.24. The van der Waals surface area contributed by atoms with Gasteiger partial charge in [-0.15, -0.1) is 0 Å². The molecule has 0 aliphatic rings. The van der Waals surface area contributed by atoms with Crippen LogP contribution in [0, 0.1) is 24.7 Å². The van der Waals surface area contributed by atoms with Gasteiger partial charge in [0.05, 0.1) is 6.54 Å². The molecule has 1 heterocycles. The predicted octanol–water partition coefficient (Wildman–Crippen LogP) is 4.80. The first-order valence-corrected chi connectivity index (χ1v) is 13.6. The number of nitrogens with one attached hydrogen (secondary N) is 2. The van der Waals surface area contributed by atoms with Gasteiger partial charge in [-0.3, -0.25) is 9.59 Å². The predicted molar refractivity (Wildman–Crippen MR) is 151 cm³/mol. The number of carbonyl (C=O) groups is 2. The zero-order chi connectivity index (χ0) is 27.8. The number of hydrogen-bond donors (Lipinski definition) is 2. The van der Waals surface area contributed by atoms with Gasteiger partial charge >= 0.3 is 0 Å². The summed E-state index contributed by atoms with van der Waals surface area (Å²) in [4.78, 5) is 28.9. The van der Waals surface area contributed by atoms with Crippen molar-refractivity contribution in [2.45, 2.75) is 72.3 Å². The average molecular weight is 522 g/mol. The third kappa shape index (κ3) is 12.2. The average Bonchev–Trinajstić information content (AvgIpc) is 2.86. The number of amides is 2. The molecule has 0 fully saturated rings. The van der Waals surface area contributed by atoms with Crippen molar-refractivity contribution in [3.8, 4) is 17.6 Å². The molecular weight excluding hydrogens is 478 g/mol. The van der Waals surface area contributed by atoms with E-state index in [4.69, 9.17) is 9.47 Å². The minimum Gasteiger partial charge on any atom is -0.492 e. The molecule has 2 N–H and O–H groups in total. The van der Waals surface area contributed by atoms with Gasteiger partial charge in [0.15, 0.2) is 0 Å². The number of hydrogen-bond acceptors (Lipinski definition) is 5. The molecule has 0 saturated heterocycles. The zero-order valence-electron chi connectivity index (χ0n) is 23.6. The molecule has 206 valence electrons. The quantitative estimate of drug-likeness (QED) is 0.260. The van der Waals surface area contributed by atoms with E-state index in [1.807, 2.05) is 49.4 Å². The van der Waals surface area contributed by atoms with Gasteiger partial charge in [-0.1, -0.05) is 58.1 Å². The lowest BCUT2D eigenvalue weighted by atomic mass is 9.84. The summed E-state index contributed by atoms with van der Waals surface area (Å²) in [6, 6.07) is 13.2. The second kappa shape index (κ2) is 16.5. The van der Waals surface area contributed by atoms with Gasteiger partial charge in [-0.05, 0) is 68.9 Å². The maximum absolute atomic E-state index is 12.4. The summed E-state index contributed by atoms with van der Waals surface area (Å²) in [5, 5.41) is 5.87. The number of nitrogens with zero attached hydrogens (tertiary/aromatic N) is 1. The highest BCUT2D eigenvalue weighted by atomic mass is 16.5. The maximum atomic E-state index is 12.4. The van der Waals surface area contributed by atoms with E-state index in [1.165, 1.54) is 0 Å². The second-order valence-electron chi connectivity index (χ2n) is 10.1. The normalized spacial score (nSPS) is 13.0. The molecule has 2 unspecified atom stereocenters. The van der Waals surface area contributed by atoms with Crippen LogP contribution in [0.3, 0.4) is 0 Å². The molecule has 2 aromatic rings. The van der Waals surface area contributed by atoms with Gasteiger partial charge < -0.3 is 20.1 Å². The van der Waals surface area contributed by atoms with Gasteiger partial charge in [0.1, 0.15) is 31.3 Å². The Hall–Kier alpha value is -3.37. The Morgan fingerprint density at radius 3 is 2.55 bits per heavy atom. The molecular formula is C31H43N3O4. The Kier molecular flexibility index (Phi) is 13.4. The lowest BCUT2D eigenvalue weighted by molar-refractivity contribution is -0.132. The Balaban J connectivity index is 1.68. The van der Waals surface area contributed by atoms with E-state index in [2.05, 4.69) is 55.2 Å². The molecule has 0 radical (unpaired) electrons. The van der Waals surface area contributed by atoms with Gasteiger partial charge in [-0.25, -0.2) is 4.98 Å². The van der Waals surface area contributed by atoms with Gasteiger partial charge in [0.2, 0.25) is 11.8 Å². The lowest BCUT2D eigenvalue weighted by Crippen LogP contribution is -2.48. The van der Waals surface area contributed by atoms with E-state index in [1.54, 1.807) is 0 Å². The van der Waals surface area contributed by atoms with Crippen LogP contribution in [0.25, 0.3) is 0 Å². The summed E-state index contributed by atoms with van der Waals surface area (Å²) in [6.07, 6.45) is 5.10. The molecule has 2 rings (SSSR count). The number of rotatable bonds is 15.